The molecule has 1 fully saturated rings. The standard InChI is InChI=1S/C30H44N2O5.C2H6/c1-23-12-15-30(2,3)16-13-24(7-5-19-37-23)20-31-17-4-6-25(14-18-31)21-32(28(34)22-33)27-10-8-26(9-11-27)29(35)36;1-2/h5,7-11,13,23,25,33H,4,6,12,14-22H2,1-3H3,(H,35,36);1-2H3/b7-5-,24-13+;. The molecule has 2 heterocycles. The third-order valence-electron chi connectivity index (χ3n) is 7.60. The molecule has 0 spiro atoms. The van der Waals surface area contributed by atoms with Crippen LogP contribution in [0.3, 0.4) is 0 Å². The Labute approximate surface area is 235 Å². The molecule has 3 rings (SSSR count). The van der Waals surface area contributed by atoms with Crippen molar-refractivity contribution >= 4 is 17.6 Å². The van der Waals surface area contributed by atoms with E-state index < -0.39 is 12.6 Å². The van der Waals surface area contributed by atoms with Crippen LogP contribution in [0.2, 0.25) is 0 Å². The Kier molecular flexibility index (Phi) is 13.9. The molecule has 0 aromatic heterocycles. The highest BCUT2D eigenvalue weighted by atomic mass is 16.5. The number of rotatable bonds is 7. The Balaban J connectivity index is 0.00000260. The molecule has 7 nitrogen and oxygen atoms in total. The number of carboxylic acid groups (broad SMARTS) is 1. The molecule has 7 heteroatoms. The Morgan fingerprint density at radius 2 is 1.82 bits per heavy atom. The third-order valence-corrected chi connectivity index (χ3v) is 7.60. The molecular formula is C32H50N2O5. The Bertz CT molecular complexity index is 954. The van der Waals surface area contributed by atoms with Gasteiger partial charge in [0.15, 0.2) is 0 Å². The fourth-order valence-corrected chi connectivity index (χ4v) is 5.09. The topological polar surface area (TPSA) is 90.3 Å². The number of aliphatic hydroxyl groups is 1. The van der Waals surface area contributed by atoms with Crippen LogP contribution in [0.15, 0.2) is 48.1 Å². The summed E-state index contributed by atoms with van der Waals surface area (Å²) in [7, 11) is 0. The SMILES string of the molecule is CC.CC1CCC(C)(C)C/C=C(CN2CCCC(CN(C(=O)CO)c3ccc(C(=O)O)cc3)CC2)\C=C/CO1. The predicted molar refractivity (Wildman–Crippen MR) is 158 cm³/mol. The number of carboxylic acids is 1. The molecule has 2 unspecified atom stereocenters. The number of amides is 1. The molecule has 39 heavy (non-hydrogen) atoms. The highest BCUT2D eigenvalue weighted by Gasteiger charge is 2.24. The number of aliphatic hydroxyl groups excluding tert-OH is 1. The number of benzene rings is 1. The average Bonchev–Trinajstić information content (AvgIpc) is 3.17. The van der Waals surface area contributed by atoms with Crippen LogP contribution < -0.4 is 4.90 Å². The van der Waals surface area contributed by atoms with E-state index in [0.717, 1.165) is 58.2 Å². The van der Waals surface area contributed by atoms with Crippen molar-refractivity contribution < 1.29 is 24.5 Å². The fourth-order valence-electron chi connectivity index (χ4n) is 5.09. The van der Waals surface area contributed by atoms with E-state index in [-0.39, 0.29) is 23.0 Å². The van der Waals surface area contributed by atoms with Gasteiger partial charge in [-0.3, -0.25) is 9.69 Å². The van der Waals surface area contributed by atoms with Gasteiger partial charge in [-0.05, 0) is 99.7 Å². The Hall–Kier alpha value is -2.48. The number of allylic oxidation sites excluding steroid dienone is 1. The molecule has 0 radical (unpaired) electrons. The van der Waals surface area contributed by atoms with Crippen LogP contribution in [-0.2, 0) is 9.53 Å². The van der Waals surface area contributed by atoms with E-state index in [0.29, 0.717) is 24.8 Å². The molecule has 2 aliphatic rings. The van der Waals surface area contributed by atoms with Crippen molar-refractivity contribution in [2.45, 2.75) is 79.2 Å². The maximum Gasteiger partial charge on any atom is 0.335 e. The Morgan fingerprint density at radius 1 is 1.10 bits per heavy atom. The van der Waals surface area contributed by atoms with E-state index in [1.807, 2.05) is 13.8 Å². The number of carbonyl (C=O) groups is 2. The lowest BCUT2D eigenvalue weighted by Crippen LogP contribution is -2.37. The summed E-state index contributed by atoms with van der Waals surface area (Å²) in [5, 5.41) is 18.7. The summed E-state index contributed by atoms with van der Waals surface area (Å²) in [6.45, 7) is 14.3. The molecule has 2 aliphatic heterocycles. The van der Waals surface area contributed by atoms with Gasteiger partial charge in [0, 0.05) is 18.8 Å². The second-order valence-electron chi connectivity index (χ2n) is 11.3. The van der Waals surface area contributed by atoms with Crippen molar-refractivity contribution in [1.82, 2.24) is 4.90 Å². The minimum absolute atomic E-state index is 0.175. The number of hydrogen-bond donors (Lipinski definition) is 2. The van der Waals surface area contributed by atoms with Crippen LogP contribution in [0.5, 0.6) is 0 Å². The zero-order chi connectivity index (χ0) is 28.8. The van der Waals surface area contributed by atoms with Crippen molar-refractivity contribution in [2.75, 3.05) is 44.3 Å². The minimum Gasteiger partial charge on any atom is -0.478 e. The van der Waals surface area contributed by atoms with Crippen LogP contribution in [0, 0.1) is 11.3 Å². The van der Waals surface area contributed by atoms with Gasteiger partial charge in [0.25, 0.3) is 5.91 Å². The molecule has 1 aromatic carbocycles. The predicted octanol–water partition coefficient (Wildman–Crippen LogP) is 5.94. The molecule has 2 atom stereocenters. The van der Waals surface area contributed by atoms with Gasteiger partial charge >= 0.3 is 5.97 Å². The number of anilines is 1. The molecular weight excluding hydrogens is 492 g/mol. The Morgan fingerprint density at radius 3 is 2.49 bits per heavy atom. The third kappa shape index (κ3) is 11.3. The summed E-state index contributed by atoms with van der Waals surface area (Å²) < 4.78 is 5.95. The normalized spacial score (nSPS) is 24.5. The monoisotopic (exact) mass is 542 g/mol. The average molecular weight is 543 g/mol. The molecule has 1 saturated heterocycles. The fraction of sp³-hybridized carbons (Fsp3) is 0.625. The zero-order valence-corrected chi connectivity index (χ0v) is 24.7. The van der Waals surface area contributed by atoms with E-state index in [9.17, 15) is 14.7 Å². The van der Waals surface area contributed by atoms with E-state index in [1.165, 1.54) is 17.7 Å². The van der Waals surface area contributed by atoms with Gasteiger partial charge in [-0.25, -0.2) is 4.79 Å². The molecule has 1 amide bonds. The maximum absolute atomic E-state index is 12.6. The van der Waals surface area contributed by atoms with Crippen LogP contribution in [0.1, 0.15) is 83.5 Å². The molecule has 2 N–H and O–H groups in total. The molecule has 0 aliphatic carbocycles. The van der Waals surface area contributed by atoms with Crippen molar-refractivity contribution in [1.29, 1.82) is 0 Å². The highest BCUT2D eigenvalue weighted by molar-refractivity contribution is 5.95. The van der Waals surface area contributed by atoms with Gasteiger partial charge in [-0.1, -0.05) is 45.9 Å². The maximum atomic E-state index is 12.6. The lowest BCUT2D eigenvalue weighted by molar-refractivity contribution is -0.121. The molecule has 218 valence electrons. The van der Waals surface area contributed by atoms with Gasteiger partial charge in [0.2, 0.25) is 0 Å². The first-order chi connectivity index (χ1) is 18.7. The summed E-state index contributed by atoms with van der Waals surface area (Å²) >= 11 is 0. The van der Waals surface area contributed by atoms with Crippen LogP contribution in [-0.4, -0.2) is 72.5 Å². The van der Waals surface area contributed by atoms with Gasteiger partial charge < -0.3 is 19.8 Å². The first-order valence-electron chi connectivity index (χ1n) is 14.6. The molecule has 0 saturated carbocycles. The van der Waals surface area contributed by atoms with Crippen molar-refractivity contribution in [2.24, 2.45) is 11.3 Å². The summed E-state index contributed by atoms with van der Waals surface area (Å²) in [6.07, 6.45) is 13.3. The molecule has 0 bridgehead atoms. The number of carbonyl (C=O) groups excluding carboxylic acids is 1. The van der Waals surface area contributed by atoms with Gasteiger partial charge in [-0.15, -0.1) is 0 Å². The second-order valence-corrected chi connectivity index (χ2v) is 11.3. The van der Waals surface area contributed by atoms with Gasteiger partial charge in [0.1, 0.15) is 6.61 Å². The van der Waals surface area contributed by atoms with E-state index in [4.69, 9.17) is 9.84 Å². The summed E-state index contributed by atoms with van der Waals surface area (Å²) in [4.78, 5) is 27.8. The van der Waals surface area contributed by atoms with Crippen molar-refractivity contribution in [3.8, 4) is 0 Å². The van der Waals surface area contributed by atoms with E-state index in [2.05, 4.69) is 43.9 Å². The van der Waals surface area contributed by atoms with E-state index in [1.54, 1.807) is 17.0 Å². The molecule has 1 aromatic rings. The first kappa shape index (κ1) is 32.7. The lowest BCUT2D eigenvalue weighted by Gasteiger charge is -2.27. The zero-order valence-electron chi connectivity index (χ0n) is 24.7. The van der Waals surface area contributed by atoms with Crippen LogP contribution in [0.4, 0.5) is 5.69 Å². The van der Waals surface area contributed by atoms with Crippen LogP contribution >= 0.6 is 0 Å². The van der Waals surface area contributed by atoms with Gasteiger partial charge in [-0.2, -0.15) is 0 Å². The van der Waals surface area contributed by atoms with Crippen molar-refractivity contribution in [3.05, 3.63) is 53.6 Å². The van der Waals surface area contributed by atoms with Crippen LogP contribution in [0.25, 0.3) is 0 Å². The number of likely N-dealkylation sites (tertiary alicyclic amines) is 1. The van der Waals surface area contributed by atoms with Crippen molar-refractivity contribution in [3.63, 3.8) is 0 Å². The quantitative estimate of drug-likeness (QED) is 0.443. The smallest absolute Gasteiger partial charge is 0.335 e. The summed E-state index contributed by atoms with van der Waals surface area (Å²) in [5.41, 5.74) is 2.38. The lowest BCUT2D eigenvalue weighted by atomic mass is 9.83. The van der Waals surface area contributed by atoms with E-state index >= 15 is 0 Å². The number of nitrogens with zero attached hydrogens (tertiary/aromatic N) is 2. The highest BCUT2D eigenvalue weighted by Crippen LogP contribution is 2.30. The van der Waals surface area contributed by atoms with Gasteiger partial charge in [0.05, 0.1) is 18.3 Å². The summed E-state index contributed by atoms with van der Waals surface area (Å²) in [6, 6.07) is 6.29. The number of ether oxygens (including phenoxy) is 1. The minimum atomic E-state index is -1.00. The largest absolute Gasteiger partial charge is 0.478 e. The second kappa shape index (κ2) is 16.6. The summed E-state index contributed by atoms with van der Waals surface area (Å²) in [5.74, 6) is -1.06. The number of hydrogen-bond acceptors (Lipinski definition) is 5. The first-order valence-corrected chi connectivity index (χ1v) is 14.6. The number of aromatic carboxylic acids is 1.